The van der Waals surface area contributed by atoms with Gasteiger partial charge in [-0.15, -0.1) is 0 Å². The fraction of sp³-hybridized carbons (Fsp3) is 0.667. The van der Waals surface area contributed by atoms with Gasteiger partial charge in [0.05, 0.1) is 32.3 Å². The van der Waals surface area contributed by atoms with Crippen molar-refractivity contribution in [3.05, 3.63) is 11.8 Å². The number of allylic oxidation sites excluding steroid dienone is 1. The Morgan fingerprint density at radius 2 is 1.76 bits per heavy atom. The number of hydrogen-bond donors (Lipinski definition) is 1. The predicted octanol–water partition coefficient (Wildman–Crippen LogP) is 2.11. The maximum atomic E-state index is 11.0. The maximum Gasteiger partial charge on any atom is 0.306 e. The smallest absolute Gasteiger partial charge is 0.306 e. The number of hydrogen-bond acceptors (Lipinski definition) is 4. The van der Waals surface area contributed by atoms with E-state index in [1.165, 1.54) is 0 Å². The summed E-state index contributed by atoms with van der Waals surface area (Å²) in [6.45, 7) is 4.81. The molecule has 1 N–H and O–H groups in total. The minimum Gasteiger partial charge on any atom is -0.501 e. The molecule has 5 nitrogen and oxygen atoms in total. The van der Waals surface area contributed by atoms with E-state index >= 15 is 0 Å². The molecular formula is C12H20O5. The first-order valence-electron chi connectivity index (χ1n) is 5.64. The number of carbonyl (C=O) groups excluding carboxylic acids is 1. The lowest BCUT2D eigenvalue weighted by Gasteiger charge is -2.04. The molecule has 0 unspecified atom stereocenters. The molecule has 0 fully saturated rings. The summed E-state index contributed by atoms with van der Waals surface area (Å²) in [5.74, 6) is -1.45. The summed E-state index contributed by atoms with van der Waals surface area (Å²) in [6.07, 6.45) is 2.97. The lowest BCUT2D eigenvalue weighted by molar-refractivity contribution is -0.147. The Balaban J connectivity index is 3.30. The number of esters is 1. The number of carbonyl (C=O) groups is 2. The van der Waals surface area contributed by atoms with E-state index in [9.17, 15) is 9.59 Å². The summed E-state index contributed by atoms with van der Waals surface area (Å²) in [6, 6.07) is 0. The van der Waals surface area contributed by atoms with Gasteiger partial charge >= 0.3 is 11.9 Å². The number of aliphatic carboxylic acids is 1. The molecule has 0 radical (unpaired) electrons. The third-order valence-electron chi connectivity index (χ3n) is 1.78. The van der Waals surface area contributed by atoms with Gasteiger partial charge in [0.15, 0.2) is 0 Å². The molecule has 0 aromatic rings. The minimum atomic E-state index is -0.989. The molecule has 0 aliphatic rings. The van der Waals surface area contributed by atoms with E-state index in [0.717, 1.165) is 18.4 Å². The summed E-state index contributed by atoms with van der Waals surface area (Å²) in [5, 5.41) is 8.35. The summed E-state index contributed by atoms with van der Waals surface area (Å²) in [4.78, 5) is 21.2. The van der Waals surface area contributed by atoms with E-state index in [-0.39, 0.29) is 12.8 Å². The van der Waals surface area contributed by atoms with Crippen LogP contribution >= 0.6 is 0 Å². The quantitative estimate of drug-likeness (QED) is 0.382. The van der Waals surface area contributed by atoms with Gasteiger partial charge in [0.2, 0.25) is 0 Å². The van der Waals surface area contributed by atoms with Crippen LogP contribution in [0.15, 0.2) is 11.8 Å². The molecule has 17 heavy (non-hydrogen) atoms. The molecule has 0 atom stereocenters. The van der Waals surface area contributed by atoms with Crippen LogP contribution in [0.5, 0.6) is 0 Å². The molecule has 0 aliphatic heterocycles. The largest absolute Gasteiger partial charge is 0.501 e. The second kappa shape index (κ2) is 9.69. The Morgan fingerprint density at radius 1 is 1.12 bits per heavy atom. The third-order valence-corrected chi connectivity index (χ3v) is 1.78. The van der Waals surface area contributed by atoms with Crippen LogP contribution < -0.4 is 0 Å². The van der Waals surface area contributed by atoms with Crippen LogP contribution in [0.25, 0.3) is 0 Å². The second-order valence-electron chi connectivity index (χ2n) is 3.89. The van der Waals surface area contributed by atoms with Crippen molar-refractivity contribution in [2.75, 3.05) is 13.2 Å². The van der Waals surface area contributed by atoms with Gasteiger partial charge in [-0.2, -0.15) is 0 Å². The minimum absolute atomic E-state index is 0.0659. The molecule has 0 aromatic heterocycles. The summed E-state index contributed by atoms with van der Waals surface area (Å²) < 4.78 is 10.0. The number of carboxylic acid groups (broad SMARTS) is 1. The molecule has 0 saturated carbocycles. The van der Waals surface area contributed by atoms with E-state index in [1.54, 1.807) is 6.26 Å². The number of ether oxygens (including phenoxy) is 2. The number of carboxylic acids is 1. The van der Waals surface area contributed by atoms with E-state index in [1.807, 2.05) is 13.8 Å². The van der Waals surface area contributed by atoms with Crippen LogP contribution in [0.2, 0.25) is 0 Å². The number of unbranched alkanes of at least 4 members (excludes halogenated alkanes) is 1. The van der Waals surface area contributed by atoms with Crippen LogP contribution in [-0.2, 0) is 19.1 Å². The normalized spacial score (nSPS) is 9.53. The fourth-order valence-electron chi connectivity index (χ4n) is 0.980. The molecule has 0 bridgehead atoms. The highest BCUT2D eigenvalue weighted by Gasteiger charge is 2.05. The third kappa shape index (κ3) is 12.4. The highest BCUT2D eigenvalue weighted by atomic mass is 16.5. The Labute approximate surface area is 101 Å². The summed E-state index contributed by atoms with van der Waals surface area (Å²) >= 11 is 0. The van der Waals surface area contributed by atoms with E-state index in [4.69, 9.17) is 14.6 Å². The summed E-state index contributed by atoms with van der Waals surface area (Å²) in [7, 11) is 0. The maximum absolute atomic E-state index is 11.0. The Hall–Kier alpha value is -1.52. The first kappa shape index (κ1) is 15.5. The van der Waals surface area contributed by atoms with Crippen molar-refractivity contribution in [3.63, 3.8) is 0 Å². The zero-order valence-corrected chi connectivity index (χ0v) is 10.4. The van der Waals surface area contributed by atoms with Crippen molar-refractivity contribution in [2.45, 2.75) is 39.5 Å². The van der Waals surface area contributed by atoms with Gasteiger partial charge < -0.3 is 14.6 Å². The van der Waals surface area contributed by atoms with Crippen LogP contribution in [0, 0.1) is 0 Å². The molecule has 0 amide bonds. The van der Waals surface area contributed by atoms with Crippen molar-refractivity contribution in [1.29, 1.82) is 0 Å². The molecule has 0 heterocycles. The molecule has 0 aliphatic carbocycles. The van der Waals surface area contributed by atoms with Gasteiger partial charge in [0.25, 0.3) is 0 Å². The highest BCUT2D eigenvalue weighted by molar-refractivity contribution is 5.76. The van der Waals surface area contributed by atoms with Crippen LogP contribution in [0.4, 0.5) is 0 Å². The topological polar surface area (TPSA) is 72.8 Å². The first-order chi connectivity index (χ1) is 8.02. The van der Waals surface area contributed by atoms with Gasteiger partial charge in [0.1, 0.15) is 0 Å². The first-order valence-corrected chi connectivity index (χ1v) is 5.64. The molecule has 0 spiro atoms. The van der Waals surface area contributed by atoms with Gasteiger partial charge in [-0.05, 0) is 32.3 Å². The van der Waals surface area contributed by atoms with E-state index < -0.39 is 11.9 Å². The Bertz CT molecular complexity index is 266. The molecule has 98 valence electrons. The van der Waals surface area contributed by atoms with Gasteiger partial charge in [0, 0.05) is 0 Å². The molecule has 0 rings (SSSR count). The van der Waals surface area contributed by atoms with Gasteiger partial charge in [-0.1, -0.05) is 0 Å². The van der Waals surface area contributed by atoms with Crippen molar-refractivity contribution in [2.24, 2.45) is 0 Å². The molecule has 0 aromatic carbocycles. The van der Waals surface area contributed by atoms with Crippen LogP contribution in [0.1, 0.15) is 39.5 Å². The Morgan fingerprint density at radius 3 is 2.35 bits per heavy atom. The van der Waals surface area contributed by atoms with Crippen LogP contribution in [0.3, 0.4) is 0 Å². The average Bonchev–Trinajstić information content (AvgIpc) is 2.24. The zero-order valence-electron chi connectivity index (χ0n) is 10.4. The van der Waals surface area contributed by atoms with Gasteiger partial charge in [-0.3, -0.25) is 9.59 Å². The lowest BCUT2D eigenvalue weighted by atomic mass is 10.3. The Kier molecular flexibility index (Phi) is 8.82. The monoisotopic (exact) mass is 244 g/mol. The van der Waals surface area contributed by atoms with Crippen molar-refractivity contribution < 1.29 is 24.2 Å². The van der Waals surface area contributed by atoms with Crippen LogP contribution in [-0.4, -0.2) is 30.3 Å². The molecule has 5 heteroatoms. The van der Waals surface area contributed by atoms with E-state index in [2.05, 4.69) is 0 Å². The molecule has 0 saturated heterocycles. The van der Waals surface area contributed by atoms with Crippen molar-refractivity contribution >= 4 is 11.9 Å². The lowest BCUT2D eigenvalue weighted by Crippen LogP contribution is -2.08. The zero-order chi connectivity index (χ0) is 13.1. The summed E-state index contributed by atoms with van der Waals surface area (Å²) in [5.41, 5.74) is 1.10. The van der Waals surface area contributed by atoms with Gasteiger partial charge in [-0.25, -0.2) is 0 Å². The predicted molar refractivity (Wildman–Crippen MR) is 62.4 cm³/mol. The average molecular weight is 244 g/mol. The highest BCUT2D eigenvalue weighted by Crippen LogP contribution is 1.97. The van der Waals surface area contributed by atoms with Crippen molar-refractivity contribution in [3.8, 4) is 0 Å². The van der Waals surface area contributed by atoms with Crippen molar-refractivity contribution in [1.82, 2.24) is 0 Å². The molecular weight excluding hydrogens is 224 g/mol. The van der Waals surface area contributed by atoms with E-state index in [0.29, 0.717) is 13.2 Å². The fourth-order valence-corrected chi connectivity index (χ4v) is 0.980. The number of rotatable bonds is 9. The SMILES string of the molecule is CC(C)=COCCCCOC(=O)CCC(=O)O. The second-order valence-corrected chi connectivity index (χ2v) is 3.89. The standard InChI is InChI=1S/C12H20O5/c1-10(2)9-16-7-3-4-8-17-12(15)6-5-11(13)14/h9H,3-8H2,1-2H3,(H,13,14).